The van der Waals surface area contributed by atoms with Crippen LogP contribution in [0.4, 0.5) is 32.0 Å². The first-order valence-electron chi connectivity index (χ1n) is 5.74. The number of nitrogen functional groups attached to an aromatic ring is 1. The van der Waals surface area contributed by atoms with E-state index in [-0.39, 0.29) is 11.1 Å². The Morgan fingerprint density at radius 3 is 1.48 bits per heavy atom. The zero-order valence-corrected chi connectivity index (χ0v) is 10.4. The minimum absolute atomic E-state index is 0.190. The lowest BCUT2D eigenvalue weighted by molar-refractivity contribution is -0.141. The summed E-state index contributed by atoms with van der Waals surface area (Å²) in [6, 6.07) is 8.74. The van der Waals surface area contributed by atoms with Gasteiger partial charge < -0.3 is 5.73 Å². The Kier molecular flexibility index (Phi) is 3.61. The largest absolute Gasteiger partial charge is 0.418 e. The number of benzene rings is 2. The molecular formula is C14H9F6N. The molecule has 0 fully saturated rings. The molecule has 112 valence electrons. The van der Waals surface area contributed by atoms with Gasteiger partial charge in [0.15, 0.2) is 0 Å². The minimum Gasteiger partial charge on any atom is -0.398 e. The molecule has 0 aliphatic heterocycles. The van der Waals surface area contributed by atoms with E-state index in [0.717, 1.165) is 0 Å². The van der Waals surface area contributed by atoms with Gasteiger partial charge in [-0.3, -0.25) is 0 Å². The summed E-state index contributed by atoms with van der Waals surface area (Å²) in [4.78, 5) is 0. The molecule has 2 N–H and O–H groups in total. The van der Waals surface area contributed by atoms with E-state index in [1.165, 1.54) is 24.3 Å². The Morgan fingerprint density at radius 1 is 0.667 bits per heavy atom. The van der Waals surface area contributed by atoms with E-state index in [9.17, 15) is 26.3 Å². The summed E-state index contributed by atoms with van der Waals surface area (Å²) in [5, 5.41) is 0. The maximum Gasteiger partial charge on any atom is 0.418 e. The number of halogens is 6. The Labute approximate surface area is 116 Å². The predicted octanol–water partition coefficient (Wildman–Crippen LogP) is 4.97. The number of hydrogen-bond acceptors (Lipinski definition) is 1. The number of hydrogen-bond donors (Lipinski definition) is 1. The van der Waals surface area contributed by atoms with Crippen molar-refractivity contribution in [1.29, 1.82) is 0 Å². The average molecular weight is 305 g/mol. The lowest BCUT2D eigenvalue weighted by Gasteiger charge is -2.18. The fourth-order valence-electron chi connectivity index (χ4n) is 1.92. The third kappa shape index (κ3) is 3.12. The topological polar surface area (TPSA) is 26.0 Å². The zero-order valence-electron chi connectivity index (χ0n) is 10.4. The second-order valence-corrected chi connectivity index (χ2v) is 4.35. The first kappa shape index (κ1) is 15.2. The van der Waals surface area contributed by atoms with Gasteiger partial charge in [0, 0.05) is 0 Å². The highest BCUT2D eigenvalue weighted by Crippen LogP contribution is 2.43. The lowest BCUT2D eigenvalue weighted by Crippen LogP contribution is -2.16. The smallest absolute Gasteiger partial charge is 0.398 e. The zero-order chi connectivity index (χ0) is 15.8. The van der Waals surface area contributed by atoms with Crippen LogP contribution in [0.15, 0.2) is 42.5 Å². The van der Waals surface area contributed by atoms with Crippen LogP contribution in [0.25, 0.3) is 11.1 Å². The van der Waals surface area contributed by atoms with Gasteiger partial charge in [-0.25, -0.2) is 0 Å². The highest BCUT2D eigenvalue weighted by atomic mass is 19.4. The van der Waals surface area contributed by atoms with Gasteiger partial charge in [-0.2, -0.15) is 26.3 Å². The van der Waals surface area contributed by atoms with Crippen LogP contribution >= 0.6 is 0 Å². The summed E-state index contributed by atoms with van der Waals surface area (Å²) in [5.74, 6) is 0. The highest BCUT2D eigenvalue weighted by Gasteiger charge is 2.40. The van der Waals surface area contributed by atoms with E-state index >= 15 is 0 Å². The van der Waals surface area contributed by atoms with Crippen LogP contribution in [0.3, 0.4) is 0 Å². The summed E-state index contributed by atoms with van der Waals surface area (Å²) in [5.41, 5.74) is 0.826. The molecule has 0 radical (unpaired) electrons. The van der Waals surface area contributed by atoms with Gasteiger partial charge >= 0.3 is 12.4 Å². The SMILES string of the molecule is Nc1c(C(F)(F)F)cc(-c2ccccc2)cc1C(F)(F)F. The normalized spacial score (nSPS) is 12.5. The van der Waals surface area contributed by atoms with Crippen LogP contribution in [0, 0.1) is 0 Å². The second kappa shape index (κ2) is 4.98. The van der Waals surface area contributed by atoms with Gasteiger partial charge in [-0.15, -0.1) is 0 Å². The molecule has 0 unspecified atom stereocenters. The van der Waals surface area contributed by atoms with Crippen LogP contribution in [0.1, 0.15) is 11.1 Å². The number of rotatable bonds is 1. The van der Waals surface area contributed by atoms with Crippen molar-refractivity contribution >= 4 is 5.69 Å². The number of alkyl halides is 6. The third-order valence-corrected chi connectivity index (χ3v) is 2.90. The predicted molar refractivity (Wildman–Crippen MR) is 66.3 cm³/mol. The summed E-state index contributed by atoms with van der Waals surface area (Å²) in [6.45, 7) is 0. The van der Waals surface area contributed by atoms with Crippen LogP contribution in [0.5, 0.6) is 0 Å². The molecule has 0 aliphatic carbocycles. The molecule has 21 heavy (non-hydrogen) atoms. The molecule has 0 saturated carbocycles. The molecule has 0 bridgehead atoms. The molecule has 0 saturated heterocycles. The van der Waals surface area contributed by atoms with Gasteiger partial charge in [-0.05, 0) is 23.3 Å². The van der Waals surface area contributed by atoms with Crippen molar-refractivity contribution in [1.82, 2.24) is 0 Å². The van der Waals surface area contributed by atoms with Crippen molar-refractivity contribution in [3.8, 4) is 11.1 Å². The Morgan fingerprint density at radius 2 is 1.10 bits per heavy atom. The molecule has 2 rings (SSSR count). The van der Waals surface area contributed by atoms with Crippen LogP contribution in [-0.2, 0) is 12.4 Å². The fraction of sp³-hybridized carbons (Fsp3) is 0.143. The number of anilines is 1. The van der Waals surface area contributed by atoms with Gasteiger partial charge in [0.1, 0.15) is 0 Å². The standard InChI is InChI=1S/C14H9F6N/c15-13(16,17)10-6-9(8-4-2-1-3-5-8)7-11(12(10)21)14(18,19)20/h1-7H,21H2. The van der Waals surface area contributed by atoms with E-state index in [4.69, 9.17) is 5.73 Å². The van der Waals surface area contributed by atoms with Crippen molar-refractivity contribution < 1.29 is 26.3 Å². The second-order valence-electron chi connectivity index (χ2n) is 4.35. The molecule has 7 heteroatoms. The van der Waals surface area contributed by atoms with E-state index in [1.807, 2.05) is 0 Å². The molecule has 0 aliphatic rings. The first-order chi connectivity index (χ1) is 9.60. The van der Waals surface area contributed by atoms with E-state index < -0.39 is 29.2 Å². The summed E-state index contributed by atoms with van der Waals surface area (Å²) < 4.78 is 77.2. The molecule has 2 aromatic carbocycles. The summed E-state index contributed by atoms with van der Waals surface area (Å²) in [6.07, 6.45) is -9.93. The highest BCUT2D eigenvalue weighted by molar-refractivity contribution is 5.71. The average Bonchev–Trinajstić information content (AvgIpc) is 2.37. The molecule has 0 aromatic heterocycles. The molecular weight excluding hydrogens is 296 g/mol. The Bertz CT molecular complexity index is 608. The van der Waals surface area contributed by atoms with Crippen molar-refractivity contribution in [2.45, 2.75) is 12.4 Å². The lowest BCUT2D eigenvalue weighted by atomic mass is 9.97. The monoisotopic (exact) mass is 305 g/mol. The number of nitrogens with two attached hydrogens (primary N) is 1. The molecule has 2 aromatic rings. The summed E-state index contributed by atoms with van der Waals surface area (Å²) >= 11 is 0. The van der Waals surface area contributed by atoms with Crippen LogP contribution in [0.2, 0.25) is 0 Å². The van der Waals surface area contributed by atoms with Gasteiger partial charge in [0.2, 0.25) is 0 Å². The van der Waals surface area contributed by atoms with Crippen molar-refractivity contribution in [3.63, 3.8) is 0 Å². The van der Waals surface area contributed by atoms with Gasteiger partial charge in [0.05, 0.1) is 16.8 Å². The van der Waals surface area contributed by atoms with Crippen molar-refractivity contribution in [2.75, 3.05) is 5.73 Å². The van der Waals surface area contributed by atoms with Crippen LogP contribution < -0.4 is 5.73 Å². The first-order valence-corrected chi connectivity index (χ1v) is 5.74. The minimum atomic E-state index is -4.96. The van der Waals surface area contributed by atoms with Crippen molar-refractivity contribution in [2.24, 2.45) is 0 Å². The van der Waals surface area contributed by atoms with E-state index in [2.05, 4.69) is 0 Å². The quantitative estimate of drug-likeness (QED) is 0.584. The van der Waals surface area contributed by atoms with E-state index in [0.29, 0.717) is 12.1 Å². The maximum absolute atomic E-state index is 12.9. The fourth-order valence-corrected chi connectivity index (χ4v) is 1.92. The van der Waals surface area contributed by atoms with Crippen molar-refractivity contribution in [3.05, 3.63) is 53.6 Å². The van der Waals surface area contributed by atoms with Gasteiger partial charge in [0.25, 0.3) is 0 Å². The maximum atomic E-state index is 12.9. The molecule has 0 heterocycles. The molecule has 0 amide bonds. The van der Waals surface area contributed by atoms with E-state index in [1.54, 1.807) is 6.07 Å². The summed E-state index contributed by atoms with van der Waals surface area (Å²) in [7, 11) is 0. The molecule has 0 spiro atoms. The molecule has 1 nitrogen and oxygen atoms in total. The third-order valence-electron chi connectivity index (χ3n) is 2.90. The van der Waals surface area contributed by atoms with Gasteiger partial charge in [-0.1, -0.05) is 30.3 Å². The molecule has 0 atom stereocenters. The van der Waals surface area contributed by atoms with Crippen LogP contribution in [-0.4, -0.2) is 0 Å². The Balaban J connectivity index is 2.75. The Hall–Kier alpha value is -2.18.